The van der Waals surface area contributed by atoms with Crippen molar-refractivity contribution in [3.8, 4) is 0 Å². The van der Waals surface area contributed by atoms with Crippen molar-refractivity contribution in [1.82, 2.24) is 9.88 Å². The van der Waals surface area contributed by atoms with E-state index in [0.717, 1.165) is 24.4 Å². The van der Waals surface area contributed by atoms with Gasteiger partial charge in [-0.05, 0) is 19.1 Å². The molecule has 0 atom stereocenters. The summed E-state index contributed by atoms with van der Waals surface area (Å²) < 4.78 is 0. The van der Waals surface area contributed by atoms with Gasteiger partial charge in [0.15, 0.2) is 0 Å². The number of hydrogen-bond acceptors (Lipinski definition) is 2. The first-order chi connectivity index (χ1) is 6.20. The molecular formula is C11H16N2. The van der Waals surface area contributed by atoms with Gasteiger partial charge >= 0.3 is 0 Å². The smallest absolute Gasteiger partial charge is 0.0421 e. The van der Waals surface area contributed by atoms with Crippen LogP contribution in [0, 0.1) is 0 Å². The Bertz CT molecular complexity index is 267. The van der Waals surface area contributed by atoms with Gasteiger partial charge in [0.1, 0.15) is 0 Å². The second-order valence-corrected chi connectivity index (χ2v) is 3.23. The normalized spacial score (nSPS) is 9.69. The van der Waals surface area contributed by atoms with Crippen LogP contribution in [0.5, 0.6) is 0 Å². The number of likely N-dealkylation sites (N-methyl/N-ethyl adjacent to an activating group) is 1. The molecule has 0 aliphatic carbocycles. The highest BCUT2D eigenvalue weighted by molar-refractivity contribution is 5.04. The van der Waals surface area contributed by atoms with E-state index >= 15 is 0 Å². The quantitative estimate of drug-likeness (QED) is 0.698. The molecule has 70 valence electrons. The van der Waals surface area contributed by atoms with Crippen LogP contribution in [0.1, 0.15) is 12.6 Å². The zero-order valence-corrected chi connectivity index (χ0v) is 8.33. The minimum atomic E-state index is 0.976. The van der Waals surface area contributed by atoms with Gasteiger partial charge in [0.25, 0.3) is 0 Å². The van der Waals surface area contributed by atoms with E-state index < -0.39 is 0 Å². The Balaban J connectivity index is 2.39. The molecule has 1 rings (SSSR count). The third-order valence-electron chi connectivity index (χ3n) is 2.08. The van der Waals surface area contributed by atoms with Gasteiger partial charge in [0.2, 0.25) is 0 Å². The highest BCUT2D eigenvalue weighted by Gasteiger charge is 1.97. The van der Waals surface area contributed by atoms with Gasteiger partial charge in [-0.1, -0.05) is 12.6 Å². The second kappa shape index (κ2) is 4.65. The van der Waals surface area contributed by atoms with E-state index in [1.54, 1.807) is 0 Å². The molecule has 2 heteroatoms. The fourth-order valence-electron chi connectivity index (χ4n) is 1.02. The predicted octanol–water partition coefficient (Wildman–Crippen LogP) is 2.09. The molecule has 1 aromatic heterocycles. The average Bonchev–Trinajstić information content (AvgIpc) is 2.15. The Hall–Kier alpha value is -1.31. The minimum Gasteiger partial charge on any atom is -0.378 e. The van der Waals surface area contributed by atoms with Gasteiger partial charge in [-0.25, -0.2) is 0 Å². The van der Waals surface area contributed by atoms with Crippen LogP contribution in [0.25, 0.3) is 0 Å². The van der Waals surface area contributed by atoms with E-state index in [1.165, 1.54) is 0 Å². The zero-order chi connectivity index (χ0) is 9.68. The maximum Gasteiger partial charge on any atom is 0.0421 e. The van der Waals surface area contributed by atoms with Crippen LogP contribution in [0.4, 0.5) is 0 Å². The summed E-state index contributed by atoms with van der Waals surface area (Å²) in [5, 5.41) is 0. The fraction of sp³-hybridized carbons (Fsp3) is 0.364. The Morgan fingerprint density at radius 1 is 1.54 bits per heavy atom. The van der Waals surface area contributed by atoms with Crippen molar-refractivity contribution in [2.24, 2.45) is 0 Å². The van der Waals surface area contributed by atoms with Crippen LogP contribution in [0.15, 0.2) is 36.7 Å². The van der Waals surface area contributed by atoms with Crippen LogP contribution in [-0.4, -0.2) is 23.5 Å². The molecule has 1 heterocycles. The maximum atomic E-state index is 4.25. The van der Waals surface area contributed by atoms with Crippen molar-refractivity contribution in [2.75, 3.05) is 13.6 Å². The summed E-state index contributed by atoms with van der Waals surface area (Å²) in [5.74, 6) is 0. The largest absolute Gasteiger partial charge is 0.378 e. The molecule has 0 aliphatic rings. The third kappa shape index (κ3) is 3.28. The molecule has 0 unspecified atom stereocenters. The summed E-state index contributed by atoms with van der Waals surface area (Å²) in [4.78, 5) is 6.39. The second-order valence-electron chi connectivity index (χ2n) is 3.23. The first-order valence-corrected chi connectivity index (χ1v) is 4.46. The summed E-state index contributed by atoms with van der Waals surface area (Å²) in [5.41, 5.74) is 2.23. The molecule has 0 N–H and O–H groups in total. The number of pyridine rings is 1. The molecule has 0 fully saturated rings. The van der Waals surface area contributed by atoms with Gasteiger partial charge in [-0.3, -0.25) is 4.98 Å². The predicted molar refractivity (Wildman–Crippen MR) is 55.4 cm³/mol. The molecule has 0 radical (unpaired) electrons. The lowest BCUT2D eigenvalue weighted by Gasteiger charge is -2.17. The Labute approximate surface area is 79.9 Å². The molecular weight excluding hydrogens is 160 g/mol. The number of aromatic nitrogens is 1. The van der Waals surface area contributed by atoms with Crippen LogP contribution in [0.2, 0.25) is 0 Å². The number of rotatable bonds is 4. The van der Waals surface area contributed by atoms with Crippen molar-refractivity contribution >= 4 is 0 Å². The van der Waals surface area contributed by atoms with Crippen LogP contribution >= 0.6 is 0 Å². The standard InChI is InChI=1S/C11H16N2/c1-10(2)13(3)9-7-11-6-4-5-8-12-11/h4-6,8H,1,7,9H2,2-3H3. The maximum absolute atomic E-state index is 4.25. The topological polar surface area (TPSA) is 16.1 Å². The summed E-state index contributed by atoms with van der Waals surface area (Å²) in [6.07, 6.45) is 2.81. The number of hydrogen-bond donors (Lipinski definition) is 0. The van der Waals surface area contributed by atoms with Crippen LogP contribution in [-0.2, 0) is 6.42 Å². The van der Waals surface area contributed by atoms with E-state index in [9.17, 15) is 0 Å². The van der Waals surface area contributed by atoms with Crippen LogP contribution in [0.3, 0.4) is 0 Å². The summed E-state index contributed by atoms with van der Waals surface area (Å²) in [6.45, 7) is 6.86. The minimum absolute atomic E-state index is 0.976. The number of nitrogens with zero attached hydrogens (tertiary/aromatic N) is 2. The summed E-state index contributed by atoms with van der Waals surface area (Å²) in [7, 11) is 2.05. The highest BCUT2D eigenvalue weighted by Crippen LogP contribution is 2.00. The molecule has 0 amide bonds. The Kier molecular flexibility index (Phi) is 3.50. The van der Waals surface area contributed by atoms with E-state index in [-0.39, 0.29) is 0 Å². The Morgan fingerprint density at radius 3 is 2.85 bits per heavy atom. The summed E-state index contributed by atoms with van der Waals surface area (Å²) in [6, 6.07) is 6.00. The van der Waals surface area contributed by atoms with Crippen molar-refractivity contribution in [2.45, 2.75) is 13.3 Å². The van der Waals surface area contributed by atoms with E-state index in [4.69, 9.17) is 0 Å². The van der Waals surface area contributed by atoms with Gasteiger partial charge in [0, 0.05) is 37.6 Å². The van der Waals surface area contributed by atoms with Crippen molar-refractivity contribution in [3.63, 3.8) is 0 Å². The molecule has 2 nitrogen and oxygen atoms in total. The van der Waals surface area contributed by atoms with Crippen molar-refractivity contribution in [3.05, 3.63) is 42.4 Å². The Morgan fingerprint density at radius 2 is 2.31 bits per heavy atom. The monoisotopic (exact) mass is 176 g/mol. The summed E-state index contributed by atoms with van der Waals surface area (Å²) >= 11 is 0. The molecule has 0 bridgehead atoms. The lowest BCUT2D eigenvalue weighted by Crippen LogP contribution is -2.18. The van der Waals surface area contributed by atoms with Gasteiger partial charge in [0.05, 0.1) is 0 Å². The molecule has 0 saturated carbocycles. The van der Waals surface area contributed by atoms with Crippen LogP contribution < -0.4 is 0 Å². The number of allylic oxidation sites excluding steroid dienone is 1. The van der Waals surface area contributed by atoms with Gasteiger partial charge in [-0.2, -0.15) is 0 Å². The first-order valence-electron chi connectivity index (χ1n) is 4.46. The average molecular weight is 176 g/mol. The van der Waals surface area contributed by atoms with E-state index in [0.29, 0.717) is 0 Å². The van der Waals surface area contributed by atoms with Gasteiger partial charge in [-0.15, -0.1) is 0 Å². The van der Waals surface area contributed by atoms with E-state index in [1.807, 2.05) is 38.4 Å². The first kappa shape index (κ1) is 9.78. The van der Waals surface area contributed by atoms with Crippen molar-refractivity contribution in [1.29, 1.82) is 0 Å². The molecule has 0 saturated heterocycles. The molecule has 1 aromatic rings. The molecule has 0 spiro atoms. The lowest BCUT2D eigenvalue weighted by atomic mass is 10.2. The van der Waals surface area contributed by atoms with Gasteiger partial charge < -0.3 is 4.90 Å². The van der Waals surface area contributed by atoms with E-state index in [2.05, 4.69) is 16.5 Å². The molecule has 13 heavy (non-hydrogen) atoms. The SMILES string of the molecule is C=C(C)N(C)CCc1ccccn1. The highest BCUT2D eigenvalue weighted by atomic mass is 15.1. The zero-order valence-electron chi connectivity index (χ0n) is 8.33. The molecule has 0 aromatic carbocycles. The third-order valence-corrected chi connectivity index (χ3v) is 2.08. The van der Waals surface area contributed by atoms with Crippen molar-refractivity contribution < 1.29 is 0 Å². The lowest BCUT2D eigenvalue weighted by molar-refractivity contribution is 0.423. The molecule has 0 aliphatic heterocycles. The fourth-order valence-corrected chi connectivity index (χ4v) is 1.02.